The van der Waals surface area contributed by atoms with Gasteiger partial charge >= 0.3 is 0 Å². The summed E-state index contributed by atoms with van der Waals surface area (Å²) in [5.74, 6) is -0.128. The zero-order valence-corrected chi connectivity index (χ0v) is 9.68. The molecule has 3 heteroatoms. The Morgan fingerprint density at radius 3 is 2.27 bits per heavy atom. The number of carbonyl (C=O) groups is 1. The van der Waals surface area contributed by atoms with Crippen LogP contribution in [0.2, 0.25) is 0 Å². The topological polar surface area (TPSA) is 52.9 Å². The van der Waals surface area contributed by atoms with Gasteiger partial charge in [-0.05, 0) is 26.7 Å². The van der Waals surface area contributed by atoms with Gasteiger partial charge in [0.2, 0.25) is 5.91 Å². The van der Waals surface area contributed by atoms with Crippen molar-refractivity contribution in [1.29, 1.82) is 5.26 Å². The quantitative estimate of drug-likeness (QED) is 0.708. The van der Waals surface area contributed by atoms with Crippen LogP contribution < -0.4 is 5.32 Å². The molecule has 1 rings (SSSR count). The Labute approximate surface area is 91.9 Å². The van der Waals surface area contributed by atoms with Gasteiger partial charge in [0, 0.05) is 6.04 Å². The molecule has 1 aliphatic carbocycles. The van der Waals surface area contributed by atoms with E-state index < -0.39 is 5.41 Å². The number of carbonyl (C=O) groups excluding carboxylic acids is 1. The summed E-state index contributed by atoms with van der Waals surface area (Å²) in [6, 6.07) is 2.32. The molecule has 0 aromatic rings. The smallest absolute Gasteiger partial charge is 0.240 e. The molecule has 1 fully saturated rings. The Morgan fingerprint density at radius 1 is 1.27 bits per heavy atom. The van der Waals surface area contributed by atoms with Crippen LogP contribution in [0, 0.1) is 16.7 Å². The first kappa shape index (κ1) is 12.0. The number of hydrogen-bond donors (Lipinski definition) is 1. The molecule has 0 bridgehead atoms. The maximum atomic E-state index is 11.7. The second-order valence-corrected chi connectivity index (χ2v) is 4.90. The SMILES string of the molecule is CC(C)(C#N)C(=O)NC1CCCCCC1. The van der Waals surface area contributed by atoms with E-state index in [4.69, 9.17) is 5.26 Å². The van der Waals surface area contributed by atoms with Gasteiger partial charge in [-0.3, -0.25) is 4.79 Å². The van der Waals surface area contributed by atoms with Gasteiger partial charge in [-0.2, -0.15) is 5.26 Å². The number of rotatable bonds is 2. The normalized spacial score (nSPS) is 19.0. The number of hydrogen-bond acceptors (Lipinski definition) is 2. The van der Waals surface area contributed by atoms with Gasteiger partial charge in [0.25, 0.3) is 0 Å². The van der Waals surface area contributed by atoms with Gasteiger partial charge in [-0.25, -0.2) is 0 Å². The lowest BCUT2D eigenvalue weighted by molar-refractivity contribution is -0.127. The highest BCUT2D eigenvalue weighted by atomic mass is 16.2. The highest BCUT2D eigenvalue weighted by Crippen LogP contribution is 2.19. The average molecular weight is 208 g/mol. The van der Waals surface area contributed by atoms with Gasteiger partial charge in [0.1, 0.15) is 5.41 Å². The third kappa shape index (κ3) is 3.54. The molecule has 1 N–H and O–H groups in total. The first-order valence-electron chi connectivity index (χ1n) is 5.78. The molecule has 0 heterocycles. The van der Waals surface area contributed by atoms with Gasteiger partial charge in [-0.15, -0.1) is 0 Å². The summed E-state index contributed by atoms with van der Waals surface area (Å²) in [6.45, 7) is 3.33. The van der Waals surface area contributed by atoms with Gasteiger partial charge in [-0.1, -0.05) is 25.7 Å². The highest BCUT2D eigenvalue weighted by Gasteiger charge is 2.29. The standard InChI is InChI=1S/C12H20N2O/c1-12(2,9-13)11(15)14-10-7-5-3-4-6-8-10/h10H,3-8H2,1-2H3,(H,14,15). The summed E-state index contributed by atoms with van der Waals surface area (Å²) in [6.07, 6.45) is 7.05. The van der Waals surface area contributed by atoms with E-state index >= 15 is 0 Å². The van der Waals surface area contributed by atoms with Crippen LogP contribution in [0.4, 0.5) is 0 Å². The van der Waals surface area contributed by atoms with Crippen LogP contribution in [0.25, 0.3) is 0 Å². The van der Waals surface area contributed by atoms with Crippen molar-refractivity contribution in [3.63, 3.8) is 0 Å². The predicted octanol–water partition coefficient (Wildman–Crippen LogP) is 2.38. The molecule has 0 atom stereocenters. The van der Waals surface area contributed by atoms with Gasteiger partial charge in [0.05, 0.1) is 6.07 Å². The first-order valence-corrected chi connectivity index (χ1v) is 5.78. The summed E-state index contributed by atoms with van der Waals surface area (Å²) in [4.78, 5) is 11.7. The van der Waals surface area contributed by atoms with Crippen molar-refractivity contribution in [3.8, 4) is 6.07 Å². The molecule has 84 valence electrons. The minimum absolute atomic E-state index is 0.128. The minimum Gasteiger partial charge on any atom is -0.352 e. The molecule has 0 spiro atoms. The van der Waals surface area contributed by atoms with Crippen LogP contribution >= 0.6 is 0 Å². The molecule has 1 amide bonds. The van der Waals surface area contributed by atoms with Crippen LogP contribution in [-0.4, -0.2) is 11.9 Å². The number of nitriles is 1. The lowest BCUT2D eigenvalue weighted by Crippen LogP contribution is -2.42. The van der Waals surface area contributed by atoms with Crippen molar-refractivity contribution in [2.75, 3.05) is 0 Å². The summed E-state index contributed by atoms with van der Waals surface area (Å²) < 4.78 is 0. The zero-order valence-electron chi connectivity index (χ0n) is 9.68. The largest absolute Gasteiger partial charge is 0.352 e. The lowest BCUT2D eigenvalue weighted by atomic mass is 9.94. The van der Waals surface area contributed by atoms with E-state index in [0.717, 1.165) is 12.8 Å². The monoisotopic (exact) mass is 208 g/mol. The first-order chi connectivity index (χ1) is 7.06. The van der Waals surface area contributed by atoms with Crippen molar-refractivity contribution in [1.82, 2.24) is 5.32 Å². The van der Waals surface area contributed by atoms with E-state index in [0.29, 0.717) is 0 Å². The molecule has 0 aromatic carbocycles. The van der Waals surface area contributed by atoms with E-state index in [-0.39, 0.29) is 11.9 Å². The Balaban J connectivity index is 2.47. The Bertz CT molecular complexity index is 257. The summed E-state index contributed by atoms with van der Waals surface area (Å²) in [5, 5.41) is 11.8. The fraction of sp³-hybridized carbons (Fsp3) is 0.833. The molecular formula is C12H20N2O. The number of amides is 1. The van der Waals surface area contributed by atoms with Crippen LogP contribution in [0.5, 0.6) is 0 Å². The molecular weight excluding hydrogens is 188 g/mol. The Hall–Kier alpha value is -1.04. The average Bonchev–Trinajstić information content (AvgIpc) is 2.46. The molecule has 0 aliphatic heterocycles. The summed E-state index contributed by atoms with van der Waals surface area (Å²) in [5.41, 5.74) is -0.897. The number of nitrogens with one attached hydrogen (secondary N) is 1. The zero-order chi connectivity index (χ0) is 11.3. The molecule has 1 saturated carbocycles. The van der Waals surface area contributed by atoms with E-state index in [9.17, 15) is 4.79 Å². The maximum absolute atomic E-state index is 11.7. The van der Waals surface area contributed by atoms with Gasteiger partial charge < -0.3 is 5.32 Å². The Kier molecular flexibility index (Phi) is 4.14. The van der Waals surface area contributed by atoms with Crippen molar-refractivity contribution < 1.29 is 4.79 Å². The number of nitrogens with zero attached hydrogens (tertiary/aromatic N) is 1. The van der Waals surface area contributed by atoms with Crippen LogP contribution in [-0.2, 0) is 4.79 Å². The highest BCUT2D eigenvalue weighted by molar-refractivity contribution is 5.84. The molecule has 0 saturated heterocycles. The van der Waals surface area contributed by atoms with Crippen LogP contribution in [0.3, 0.4) is 0 Å². The molecule has 0 aromatic heterocycles. The van der Waals surface area contributed by atoms with Gasteiger partial charge in [0.15, 0.2) is 0 Å². The predicted molar refractivity (Wildman–Crippen MR) is 59.0 cm³/mol. The Morgan fingerprint density at radius 2 is 1.80 bits per heavy atom. The van der Waals surface area contributed by atoms with Crippen LogP contribution in [0.15, 0.2) is 0 Å². The van der Waals surface area contributed by atoms with Crippen molar-refractivity contribution in [3.05, 3.63) is 0 Å². The van der Waals surface area contributed by atoms with Crippen molar-refractivity contribution in [2.45, 2.75) is 58.4 Å². The minimum atomic E-state index is -0.897. The van der Waals surface area contributed by atoms with Crippen LogP contribution in [0.1, 0.15) is 52.4 Å². The summed E-state index contributed by atoms with van der Waals surface area (Å²) in [7, 11) is 0. The van der Waals surface area contributed by atoms with Crippen molar-refractivity contribution >= 4 is 5.91 Å². The van der Waals surface area contributed by atoms with E-state index in [1.807, 2.05) is 6.07 Å². The molecule has 1 aliphatic rings. The third-order valence-electron chi connectivity index (χ3n) is 3.04. The van der Waals surface area contributed by atoms with E-state index in [2.05, 4.69) is 5.32 Å². The third-order valence-corrected chi connectivity index (χ3v) is 3.04. The molecule has 3 nitrogen and oxygen atoms in total. The molecule has 0 radical (unpaired) electrons. The fourth-order valence-corrected chi connectivity index (χ4v) is 1.84. The summed E-state index contributed by atoms with van der Waals surface area (Å²) >= 11 is 0. The van der Waals surface area contributed by atoms with E-state index in [1.54, 1.807) is 13.8 Å². The molecule has 0 unspecified atom stereocenters. The second kappa shape index (κ2) is 5.16. The fourth-order valence-electron chi connectivity index (χ4n) is 1.84. The second-order valence-electron chi connectivity index (χ2n) is 4.90. The lowest BCUT2D eigenvalue weighted by Gasteiger charge is -2.21. The molecule has 15 heavy (non-hydrogen) atoms. The maximum Gasteiger partial charge on any atom is 0.240 e. The van der Waals surface area contributed by atoms with E-state index in [1.165, 1.54) is 25.7 Å². The van der Waals surface area contributed by atoms with Crippen molar-refractivity contribution in [2.24, 2.45) is 5.41 Å².